The van der Waals surface area contributed by atoms with Crippen LogP contribution in [0.15, 0.2) is 71.6 Å². The lowest BCUT2D eigenvalue weighted by Crippen LogP contribution is -2.12. The van der Waals surface area contributed by atoms with Crippen molar-refractivity contribution in [2.75, 3.05) is 17.3 Å². The van der Waals surface area contributed by atoms with Gasteiger partial charge in [-0.05, 0) is 29.8 Å². The Morgan fingerprint density at radius 1 is 1.08 bits per heavy atom. The summed E-state index contributed by atoms with van der Waals surface area (Å²) >= 11 is 2.23. The van der Waals surface area contributed by atoms with E-state index in [2.05, 4.69) is 22.6 Å². The minimum Gasteiger partial charge on any atom is -0.497 e. The predicted octanol–water partition coefficient (Wildman–Crippen LogP) is 4.05. The Hall–Kier alpha value is -1.38. The molecule has 0 aromatic heterocycles. The molecule has 0 amide bonds. The number of rotatable bonds is 9. The van der Waals surface area contributed by atoms with Crippen molar-refractivity contribution in [1.29, 1.82) is 0 Å². The number of sulfone groups is 1. The molecular weight excluding hydrogens is 451 g/mol. The summed E-state index contributed by atoms with van der Waals surface area (Å²) in [6.45, 7) is 0.466. The Kier molecular flexibility index (Phi) is 7.92. The van der Waals surface area contributed by atoms with Crippen LogP contribution < -0.4 is 4.74 Å². The van der Waals surface area contributed by atoms with E-state index in [0.717, 1.165) is 15.7 Å². The van der Waals surface area contributed by atoms with Crippen molar-refractivity contribution in [3.63, 3.8) is 0 Å². The first kappa shape index (κ1) is 19.9. The normalized spacial score (nSPS) is 13.0. The second-order valence-corrected chi connectivity index (χ2v) is 8.29. The molecule has 4 nitrogen and oxygen atoms in total. The highest BCUT2D eigenvalue weighted by atomic mass is 127. The number of hydrogen-bond donors (Lipinski definition) is 0. The van der Waals surface area contributed by atoms with Crippen LogP contribution in [0.3, 0.4) is 0 Å². The van der Waals surface area contributed by atoms with Crippen molar-refractivity contribution in [1.82, 2.24) is 0 Å². The van der Waals surface area contributed by atoms with Crippen LogP contribution in [0.2, 0.25) is 0 Å². The number of methoxy groups -OCH3 is 1. The quantitative estimate of drug-likeness (QED) is 0.314. The van der Waals surface area contributed by atoms with E-state index in [-0.39, 0.29) is 11.9 Å². The molecule has 0 unspecified atom stereocenters. The molecule has 0 heterocycles. The van der Waals surface area contributed by atoms with Crippen molar-refractivity contribution < 1.29 is 17.9 Å². The van der Waals surface area contributed by atoms with Gasteiger partial charge in [0.15, 0.2) is 9.84 Å². The van der Waals surface area contributed by atoms with Gasteiger partial charge in [-0.3, -0.25) is 0 Å². The zero-order valence-corrected chi connectivity index (χ0v) is 16.9. The van der Waals surface area contributed by atoms with E-state index in [1.54, 1.807) is 43.5 Å². The van der Waals surface area contributed by atoms with Crippen molar-refractivity contribution in [2.24, 2.45) is 0 Å². The fourth-order valence-corrected chi connectivity index (χ4v) is 3.81. The molecule has 0 saturated carbocycles. The third-order valence-electron chi connectivity index (χ3n) is 3.54. The van der Waals surface area contributed by atoms with E-state index in [1.807, 2.05) is 30.3 Å². The number of ether oxygens (including phenoxy) is 2. The Balaban J connectivity index is 1.89. The fourth-order valence-electron chi connectivity index (χ4n) is 2.13. The lowest BCUT2D eigenvalue weighted by Gasteiger charge is -2.12. The monoisotopic (exact) mass is 472 g/mol. The first-order valence-electron chi connectivity index (χ1n) is 7.80. The second kappa shape index (κ2) is 9.94. The van der Waals surface area contributed by atoms with Gasteiger partial charge in [0, 0.05) is 4.43 Å². The van der Waals surface area contributed by atoms with E-state index in [9.17, 15) is 8.42 Å². The molecule has 0 N–H and O–H groups in total. The topological polar surface area (TPSA) is 52.6 Å². The largest absolute Gasteiger partial charge is 0.497 e. The maximum atomic E-state index is 12.2. The molecule has 2 aromatic carbocycles. The SMILES string of the molecule is COc1ccc(CO[C@@H](/C=C/CS(=O)(=O)c2ccccc2)CI)cc1. The van der Waals surface area contributed by atoms with Crippen LogP contribution >= 0.6 is 22.6 Å². The second-order valence-electron chi connectivity index (χ2n) is 5.37. The van der Waals surface area contributed by atoms with Gasteiger partial charge in [-0.1, -0.05) is 65.1 Å². The maximum absolute atomic E-state index is 12.2. The number of alkyl halides is 1. The molecule has 2 aromatic rings. The molecule has 0 saturated heterocycles. The van der Waals surface area contributed by atoms with Crippen molar-refractivity contribution >= 4 is 32.4 Å². The van der Waals surface area contributed by atoms with Gasteiger partial charge in [0.25, 0.3) is 0 Å². The molecule has 0 spiro atoms. The van der Waals surface area contributed by atoms with Gasteiger partial charge < -0.3 is 9.47 Å². The lowest BCUT2D eigenvalue weighted by atomic mass is 10.2. The van der Waals surface area contributed by atoms with Gasteiger partial charge in [0.1, 0.15) is 5.75 Å². The van der Waals surface area contributed by atoms with Crippen LogP contribution in [0.5, 0.6) is 5.75 Å². The standard InChI is InChI=1S/C19H21IO4S/c1-23-17-11-9-16(10-12-17)15-24-18(14-20)6-5-13-25(21,22)19-7-3-2-4-8-19/h2-12,18H,13-15H2,1H3/b6-5+/t18-/m0/s1. The number of benzene rings is 2. The van der Waals surface area contributed by atoms with Gasteiger partial charge >= 0.3 is 0 Å². The molecule has 0 aliphatic rings. The van der Waals surface area contributed by atoms with Crippen LogP contribution in [0.4, 0.5) is 0 Å². The van der Waals surface area contributed by atoms with Gasteiger partial charge in [-0.15, -0.1) is 0 Å². The van der Waals surface area contributed by atoms with Crippen LogP contribution in [-0.2, 0) is 21.2 Å². The maximum Gasteiger partial charge on any atom is 0.181 e. The summed E-state index contributed by atoms with van der Waals surface area (Å²) in [5, 5.41) is 0. The smallest absolute Gasteiger partial charge is 0.181 e. The minimum atomic E-state index is -3.30. The van der Waals surface area contributed by atoms with Crippen molar-refractivity contribution in [2.45, 2.75) is 17.6 Å². The molecule has 0 fully saturated rings. The average Bonchev–Trinajstić information content (AvgIpc) is 2.65. The van der Waals surface area contributed by atoms with E-state index in [0.29, 0.717) is 11.5 Å². The van der Waals surface area contributed by atoms with Crippen LogP contribution in [0.1, 0.15) is 5.56 Å². The molecular formula is C19H21IO4S. The van der Waals surface area contributed by atoms with E-state index in [1.165, 1.54) is 0 Å². The lowest BCUT2D eigenvalue weighted by molar-refractivity contribution is 0.0887. The Morgan fingerprint density at radius 3 is 2.36 bits per heavy atom. The highest BCUT2D eigenvalue weighted by Crippen LogP contribution is 2.14. The van der Waals surface area contributed by atoms with Gasteiger partial charge in [0.2, 0.25) is 0 Å². The molecule has 0 aliphatic heterocycles. The van der Waals surface area contributed by atoms with E-state index in [4.69, 9.17) is 9.47 Å². The van der Waals surface area contributed by atoms with Crippen molar-refractivity contribution in [3.8, 4) is 5.75 Å². The minimum absolute atomic E-state index is 0.0317. The third kappa shape index (κ3) is 6.45. The van der Waals surface area contributed by atoms with E-state index >= 15 is 0 Å². The molecule has 0 aliphatic carbocycles. The van der Waals surface area contributed by atoms with Gasteiger partial charge in [0.05, 0.1) is 30.5 Å². The Morgan fingerprint density at radius 2 is 1.76 bits per heavy atom. The zero-order valence-electron chi connectivity index (χ0n) is 14.0. The predicted molar refractivity (Wildman–Crippen MR) is 108 cm³/mol. The summed E-state index contributed by atoms with van der Waals surface area (Å²) < 4.78 is 36.2. The molecule has 25 heavy (non-hydrogen) atoms. The Bertz CT molecular complexity index is 771. The summed E-state index contributed by atoms with van der Waals surface area (Å²) in [6.07, 6.45) is 3.35. The highest BCUT2D eigenvalue weighted by molar-refractivity contribution is 14.1. The molecule has 134 valence electrons. The summed E-state index contributed by atoms with van der Waals surface area (Å²) in [7, 11) is -1.67. The summed E-state index contributed by atoms with van der Waals surface area (Å²) in [5.74, 6) is 0.774. The summed E-state index contributed by atoms with van der Waals surface area (Å²) in [5.41, 5.74) is 1.04. The zero-order chi connectivity index (χ0) is 18.1. The fraction of sp³-hybridized carbons (Fsp3) is 0.263. The molecule has 2 rings (SSSR count). The Labute approximate surface area is 162 Å². The van der Waals surface area contributed by atoms with Gasteiger partial charge in [-0.25, -0.2) is 8.42 Å². The summed E-state index contributed by atoms with van der Waals surface area (Å²) in [6, 6.07) is 16.1. The third-order valence-corrected chi connectivity index (χ3v) is 6.03. The molecule has 0 radical (unpaired) electrons. The van der Waals surface area contributed by atoms with Crippen LogP contribution in [-0.4, -0.2) is 31.8 Å². The highest BCUT2D eigenvalue weighted by Gasteiger charge is 2.12. The first-order valence-corrected chi connectivity index (χ1v) is 11.0. The first-order chi connectivity index (χ1) is 12.0. The molecule has 6 heteroatoms. The molecule has 0 bridgehead atoms. The number of halogens is 1. The van der Waals surface area contributed by atoms with E-state index < -0.39 is 9.84 Å². The van der Waals surface area contributed by atoms with Gasteiger partial charge in [-0.2, -0.15) is 0 Å². The van der Waals surface area contributed by atoms with Crippen LogP contribution in [0, 0.1) is 0 Å². The number of hydrogen-bond acceptors (Lipinski definition) is 4. The van der Waals surface area contributed by atoms with Crippen molar-refractivity contribution in [3.05, 3.63) is 72.3 Å². The van der Waals surface area contributed by atoms with Crippen LogP contribution in [0.25, 0.3) is 0 Å². The molecule has 1 atom stereocenters. The average molecular weight is 472 g/mol. The summed E-state index contributed by atoms with van der Waals surface area (Å²) in [4.78, 5) is 0.338.